The molecule has 0 saturated carbocycles. The Hall–Kier alpha value is -1.27. The number of nitrogens with zero attached hydrogens (tertiary/aromatic N) is 2. The minimum atomic E-state index is -0.885. The molecule has 2 aromatic rings. The number of benzene rings is 1. The maximum atomic E-state index is 13.5. The first-order valence-electron chi connectivity index (χ1n) is 5.34. The fourth-order valence-electron chi connectivity index (χ4n) is 1.81. The third kappa shape index (κ3) is 2.30. The molecule has 18 heavy (non-hydrogen) atoms. The van der Waals surface area contributed by atoms with Gasteiger partial charge < -0.3 is 5.32 Å². The van der Waals surface area contributed by atoms with E-state index in [4.69, 9.17) is 0 Å². The van der Waals surface area contributed by atoms with Crippen LogP contribution in [0.15, 0.2) is 28.9 Å². The summed E-state index contributed by atoms with van der Waals surface area (Å²) >= 11 is 3.09. The van der Waals surface area contributed by atoms with E-state index < -0.39 is 11.6 Å². The van der Waals surface area contributed by atoms with Crippen molar-refractivity contribution in [2.24, 2.45) is 7.05 Å². The van der Waals surface area contributed by atoms with Gasteiger partial charge in [0.15, 0.2) is 11.6 Å². The van der Waals surface area contributed by atoms with Gasteiger partial charge in [-0.2, -0.15) is 5.10 Å². The normalized spacial score (nSPS) is 12.7. The van der Waals surface area contributed by atoms with Crippen LogP contribution in [0.2, 0.25) is 0 Å². The number of halogens is 3. The fourth-order valence-corrected chi connectivity index (χ4v) is 2.36. The van der Waals surface area contributed by atoms with E-state index in [1.54, 1.807) is 31.0 Å². The smallest absolute Gasteiger partial charge is 0.173 e. The number of nitrogens with one attached hydrogen (secondary N) is 1. The molecule has 0 radical (unpaired) electrons. The maximum Gasteiger partial charge on any atom is 0.173 e. The van der Waals surface area contributed by atoms with Gasteiger partial charge in [-0.25, -0.2) is 8.78 Å². The molecule has 1 heterocycles. The van der Waals surface area contributed by atoms with Gasteiger partial charge in [0.2, 0.25) is 0 Å². The first-order chi connectivity index (χ1) is 8.54. The van der Waals surface area contributed by atoms with Gasteiger partial charge in [0.25, 0.3) is 0 Å². The van der Waals surface area contributed by atoms with Crippen molar-refractivity contribution in [3.05, 3.63) is 51.8 Å². The highest BCUT2D eigenvalue weighted by Gasteiger charge is 2.21. The average Bonchev–Trinajstić information content (AvgIpc) is 2.77. The highest BCUT2D eigenvalue weighted by Crippen LogP contribution is 2.30. The Morgan fingerprint density at radius 1 is 1.33 bits per heavy atom. The van der Waals surface area contributed by atoms with Crippen molar-refractivity contribution < 1.29 is 8.78 Å². The second-order valence-corrected chi connectivity index (χ2v) is 4.69. The molecule has 1 N–H and O–H groups in total. The molecule has 2 rings (SSSR count). The Kier molecular flexibility index (Phi) is 3.77. The Labute approximate surface area is 112 Å². The minimum absolute atomic E-state index is 0.118. The van der Waals surface area contributed by atoms with E-state index in [1.165, 1.54) is 0 Å². The van der Waals surface area contributed by atoms with Crippen LogP contribution in [0.5, 0.6) is 0 Å². The van der Waals surface area contributed by atoms with Crippen LogP contribution in [-0.2, 0) is 7.05 Å². The predicted molar refractivity (Wildman–Crippen MR) is 68.2 cm³/mol. The lowest BCUT2D eigenvalue weighted by Crippen LogP contribution is -2.19. The summed E-state index contributed by atoms with van der Waals surface area (Å²) < 4.78 is 28.4. The van der Waals surface area contributed by atoms with Crippen LogP contribution in [0.4, 0.5) is 8.78 Å². The van der Waals surface area contributed by atoms with E-state index in [0.29, 0.717) is 5.56 Å². The SMILES string of the molecule is CNC(c1ccn(C)n1)c1ccc(F)c(F)c1Br. The first-order valence-corrected chi connectivity index (χ1v) is 6.14. The zero-order valence-corrected chi connectivity index (χ0v) is 11.5. The molecule has 1 aromatic carbocycles. The Morgan fingerprint density at radius 3 is 2.61 bits per heavy atom. The summed E-state index contributed by atoms with van der Waals surface area (Å²) in [4.78, 5) is 0. The van der Waals surface area contributed by atoms with Crippen LogP contribution >= 0.6 is 15.9 Å². The molecule has 0 aliphatic rings. The third-order valence-electron chi connectivity index (χ3n) is 2.69. The molecular weight excluding hydrogens is 304 g/mol. The van der Waals surface area contributed by atoms with Crippen molar-refractivity contribution >= 4 is 15.9 Å². The second kappa shape index (κ2) is 5.16. The van der Waals surface area contributed by atoms with Gasteiger partial charge in [0.05, 0.1) is 16.2 Å². The van der Waals surface area contributed by atoms with Crippen LogP contribution in [-0.4, -0.2) is 16.8 Å². The van der Waals surface area contributed by atoms with Gasteiger partial charge in [-0.3, -0.25) is 4.68 Å². The molecule has 3 nitrogen and oxygen atoms in total. The molecule has 0 aliphatic heterocycles. The highest BCUT2D eigenvalue weighted by atomic mass is 79.9. The van der Waals surface area contributed by atoms with Crippen LogP contribution in [0.25, 0.3) is 0 Å². The van der Waals surface area contributed by atoms with E-state index >= 15 is 0 Å². The molecule has 0 aliphatic carbocycles. The van der Waals surface area contributed by atoms with Crippen molar-refractivity contribution in [1.29, 1.82) is 0 Å². The lowest BCUT2D eigenvalue weighted by molar-refractivity contribution is 0.499. The molecule has 0 amide bonds. The standard InChI is InChI=1S/C12H12BrF2N3/c1-16-12(9-5-6-18(2)17-9)7-3-4-8(14)11(15)10(7)13/h3-6,12,16H,1-2H3. The summed E-state index contributed by atoms with van der Waals surface area (Å²) in [6.07, 6.45) is 1.80. The molecule has 0 bridgehead atoms. The quantitative estimate of drug-likeness (QED) is 0.883. The molecule has 0 saturated heterocycles. The van der Waals surface area contributed by atoms with Crippen molar-refractivity contribution in [1.82, 2.24) is 15.1 Å². The van der Waals surface area contributed by atoms with Crippen LogP contribution in [0, 0.1) is 11.6 Å². The van der Waals surface area contributed by atoms with Crippen LogP contribution in [0.3, 0.4) is 0 Å². The first kappa shape index (κ1) is 13.2. The van der Waals surface area contributed by atoms with E-state index in [1.807, 2.05) is 6.07 Å². The topological polar surface area (TPSA) is 29.9 Å². The second-order valence-electron chi connectivity index (χ2n) is 3.90. The largest absolute Gasteiger partial charge is 0.308 e. The third-order valence-corrected chi connectivity index (χ3v) is 3.50. The molecule has 1 atom stereocenters. The zero-order chi connectivity index (χ0) is 13.3. The monoisotopic (exact) mass is 315 g/mol. The lowest BCUT2D eigenvalue weighted by atomic mass is 10.0. The number of hydrogen-bond acceptors (Lipinski definition) is 2. The van der Waals surface area contributed by atoms with Crippen LogP contribution in [0.1, 0.15) is 17.3 Å². The van der Waals surface area contributed by atoms with E-state index in [9.17, 15) is 8.78 Å². The Balaban J connectivity index is 2.49. The molecule has 1 unspecified atom stereocenters. The maximum absolute atomic E-state index is 13.5. The molecule has 0 fully saturated rings. The summed E-state index contributed by atoms with van der Waals surface area (Å²) in [6.45, 7) is 0. The average molecular weight is 316 g/mol. The molecule has 6 heteroatoms. The van der Waals surface area contributed by atoms with Crippen molar-refractivity contribution in [2.45, 2.75) is 6.04 Å². The van der Waals surface area contributed by atoms with Gasteiger partial charge in [0, 0.05) is 13.2 Å². The Morgan fingerprint density at radius 2 is 2.06 bits per heavy atom. The van der Waals surface area contributed by atoms with Crippen LogP contribution < -0.4 is 5.32 Å². The number of rotatable bonds is 3. The van der Waals surface area contributed by atoms with Crippen molar-refractivity contribution in [3.8, 4) is 0 Å². The van der Waals surface area contributed by atoms with E-state index in [-0.39, 0.29) is 10.5 Å². The summed E-state index contributed by atoms with van der Waals surface area (Å²) in [7, 11) is 3.55. The zero-order valence-electron chi connectivity index (χ0n) is 9.92. The lowest BCUT2D eigenvalue weighted by Gasteiger charge is -2.16. The Bertz CT molecular complexity index is 568. The van der Waals surface area contributed by atoms with Crippen molar-refractivity contribution in [2.75, 3.05) is 7.05 Å². The predicted octanol–water partition coefficient (Wildman–Crippen LogP) is 2.77. The number of hydrogen-bond donors (Lipinski definition) is 1. The summed E-state index contributed by atoms with van der Waals surface area (Å²) in [5.74, 6) is -1.76. The minimum Gasteiger partial charge on any atom is -0.308 e. The van der Waals surface area contributed by atoms with E-state index in [2.05, 4.69) is 26.3 Å². The molecule has 1 aromatic heterocycles. The summed E-state index contributed by atoms with van der Waals surface area (Å²) in [6, 6.07) is 4.19. The number of aryl methyl sites for hydroxylation is 1. The van der Waals surface area contributed by atoms with Crippen molar-refractivity contribution in [3.63, 3.8) is 0 Å². The molecule has 0 spiro atoms. The van der Waals surface area contributed by atoms with Gasteiger partial charge in [-0.15, -0.1) is 0 Å². The summed E-state index contributed by atoms with van der Waals surface area (Å²) in [5.41, 5.74) is 1.35. The molecular formula is C12H12BrF2N3. The highest BCUT2D eigenvalue weighted by molar-refractivity contribution is 9.10. The van der Waals surface area contributed by atoms with E-state index in [0.717, 1.165) is 11.8 Å². The number of aromatic nitrogens is 2. The fraction of sp³-hybridized carbons (Fsp3) is 0.250. The van der Waals surface area contributed by atoms with Gasteiger partial charge in [-0.1, -0.05) is 6.07 Å². The van der Waals surface area contributed by atoms with Gasteiger partial charge in [-0.05, 0) is 40.7 Å². The van der Waals surface area contributed by atoms with Gasteiger partial charge >= 0.3 is 0 Å². The van der Waals surface area contributed by atoms with Gasteiger partial charge in [0.1, 0.15) is 0 Å². The summed E-state index contributed by atoms with van der Waals surface area (Å²) in [5, 5.41) is 7.31. The molecule has 96 valence electrons.